The smallest absolute Gasteiger partial charge is 0.269 e. The summed E-state index contributed by atoms with van der Waals surface area (Å²) in [4.78, 5) is 12.7. The van der Waals surface area contributed by atoms with E-state index >= 15 is 0 Å². The van der Waals surface area contributed by atoms with Crippen LogP contribution < -0.4 is 10.1 Å². The monoisotopic (exact) mass is 329 g/mol. The van der Waals surface area contributed by atoms with Gasteiger partial charge in [-0.3, -0.25) is 4.79 Å². The Hall–Kier alpha value is -2.80. The minimum Gasteiger partial charge on any atom is -0.497 e. The summed E-state index contributed by atoms with van der Waals surface area (Å²) < 4.78 is 22.7. The van der Waals surface area contributed by atoms with Crippen molar-refractivity contribution < 1.29 is 13.9 Å². The molecule has 3 aromatic rings. The number of amides is 1. The molecule has 1 heterocycles. The van der Waals surface area contributed by atoms with Gasteiger partial charge in [-0.25, -0.2) is 4.39 Å². The molecule has 0 aliphatic carbocycles. The Balaban J connectivity index is 1.91. The first kappa shape index (κ1) is 15.1. The fraction of sp³-hybridized carbons (Fsp3) is 0.0625. The van der Waals surface area contributed by atoms with Crippen LogP contribution in [-0.2, 0) is 0 Å². The molecule has 0 radical (unpaired) electrons. The maximum Gasteiger partial charge on any atom is 0.269 e. The van der Waals surface area contributed by atoms with Crippen LogP contribution in [0.25, 0.3) is 11.3 Å². The van der Waals surface area contributed by atoms with Gasteiger partial charge in [0.05, 0.1) is 12.8 Å². The van der Waals surface area contributed by atoms with Crippen LogP contribution in [0.5, 0.6) is 5.75 Å². The molecule has 2 aromatic carbocycles. The molecular formula is C16H12FN3O2S. The van der Waals surface area contributed by atoms with E-state index in [0.29, 0.717) is 21.9 Å². The van der Waals surface area contributed by atoms with Crippen LogP contribution in [0.3, 0.4) is 0 Å². The fourth-order valence-electron chi connectivity index (χ4n) is 2.04. The van der Waals surface area contributed by atoms with Crippen LogP contribution in [-0.4, -0.2) is 22.6 Å². The van der Waals surface area contributed by atoms with Crippen molar-refractivity contribution in [2.24, 2.45) is 0 Å². The predicted molar refractivity (Wildman–Crippen MR) is 86.3 cm³/mol. The zero-order chi connectivity index (χ0) is 16.2. The van der Waals surface area contributed by atoms with E-state index in [2.05, 4.69) is 14.9 Å². The van der Waals surface area contributed by atoms with E-state index in [-0.39, 0.29) is 5.69 Å². The van der Waals surface area contributed by atoms with Gasteiger partial charge < -0.3 is 10.1 Å². The molecule has 1 N–H and O–H groups in total. The maximum atomic E-state index is 13.7. The van der Waals surface area contributed by atoms with Crippen molar-refractivity contribution in [1.82, 2.24) is 9.59 Å². The number of methoxy groups -OCH3 is 1. The van der Waals surface area contributed by atoms with Crippen LogP contribution in [0.2, 0.25) is 0 Å². The molecule has 3 rings (SSSR count). The van der Waals surface area contributed by atoms with Crippen LogP contribution in [0.1, 0.15) is 9.67 Å². The van der Waals surface area contributed by atoms with Gasteiger partial charge in [0.25, 0.3) is 5.91 Å². The van der Waals surface area contributed by atoms with Gasteiger partial charge in [-0.15, -0.1) is 5.10 Å². The molecule has 0 aliphatic heterocycles. The normalized spacial score (nSPS) is 10.3. The standard InChI is InChI=1S/C16H12FN3O2S/c1-22-11-6-4-5-10(9-11)14-15(23-20-19-14)16(21)18-13-8-3-2-7-12(13)17/h2-9H,1H3,(H,18,21). The van der Waals surface area contributed by atoms with E-state index < -0.39 is 11.7 Å². The van der Waals surface area contributed by atoms with Gasteiger partial charge in [0.15, 0.2) is 0 Å². The van der Waals surface area contributed by atoms with Crippen LogP contribution in [0.4, 0.5) is 10.1 Å². The number of anilines is 1. The summed E-state index contributed by atoms with van der Waals surface area (Å²) in [6.45, 7) is 0. The summed E-state index contributed by atoms with van der Waals surface area (Å²) in [6, 6.07) is 13.1. The number of para-hydroxylation sites is 1. The molecule has 1 aromatic heterocycles. The quantitative estimate of drug-likeness (QED) is 0.794. The Morgan fingerprint density at radius 1 is 1.22 bits per heavy atom. The van der Waals surface area contributed by atoms with Crippen molar-refractivity contribution in [3.8, 4) is 17.0 Å². The lowest BCUT2D eigenvalue weighted by atomic mass is 10.1. The molecule has 0 atom stereocenters. The van der Waals surface area contributed by atoms with Crippen LogP contribution in [0.15, 0.2) is 48.5 Å². The molecule has 7 heteroatoms. The Kier molecular flexibility index (Phi) is 4.29. The molecule has 116 valence electrons. The van der Waals surface area contributed by atoms with Gasteiger partial charge in [-0.05, 0) is 35.8 Å². The number of halogens is 1. The Morgan fingerprint density at radius 3 is 2.83 bits per heavy atom. The predicted octanol–water partition coefficient (Wildman–Crippen LogP) is 3.61. The lowest BCUT2D eigenvalue weighted by Gasteiger charge is -2.06. The number of nitrogens with one attached hydrogen (secondary N) is 1. The van der Waals surface area contributed by atoms with E-state index in [9.17, 15) is 9.18 Å². The highest BCUT2D eigenvalue weighted by molar-refractivity contribution is 7.08. The molecule has 0 fully saturated rings. The third-order valence-corrected chi connectivity index (χ3v) is 3.88. The summed E-state index contributed by atoms with van der Waals surface area (Å²) >= 11 is 0.955. The lowest BCUT2D eigenvalue weighted by Crippen LogP contribution is -2.12. The molecule has 5 nitrogen and oxygen atoms in total. The van der Waals surface area contributed by atoms with E-state index in [1.165, 1.54) is 12.1 Å². The highest BCUT2D eigenvalue weighted by Crippen LogP contribution is 2.27. The van der Waals surface area contributed by atoms with Crippen molar-refractivity contribution in [2.75, 3.05) is 12.4 Å². The lowest BCUT2D eigenvalue weighted by molar-refractivity contribution is 0.103. The molecule has 1 amide bonds. The molecule has 0 spiro atoms. The number of hydrogen-bond acceptors (Lipinski definition) is 5. The van der Waals surface area contributed by atoms with Crippen molar-refractivity contribution in [2.45, 2.75) is 0 Å². The molecule has 0 unspecified atom stereocenters. The van der Waals surface area contributed by atoms with E-state index in [0.717, 1.165) is 11.5 Å². The number of aromatic nitrogens is 2. The first-order chi connectivity index (χ1) is 11.2. The molecule has 0 bridgehead atoms. The topological polar surface area (TPSA) is 64.1 Å². The number of nitrogens with zero attached hydrogens (tertiary/aromatic N) is 2. The molecule has 0 saturated heterocycles. The number of carbonyl (C=O) groups is 1. The summed E-state index contributed by atoms with van der Waals surface area (Å²) in [7, 11) is 1.56. The fourth-order valence-corrected chi connectivity index (χ4v) is 2.62. The van der Waals surface area contributed by atoms with Crippen LogP contribution >= 0.6 is 11.5 Å². The Bertz CT molecular complexity index is 851. The second-order valence-corrected chi connectivity index (χ2v) is 5.37. The molecule has 0 aliphatic rings. The summed E-state index contributed by atoms with van der Waals surface area (Å²) in [5.74, 6) is -0.305. The van der Waals surface area contributed by atoms with E-state index in [4.69, 9.17) is 4.74 Å². The summed E-state index contributed by atoms with van der Waals surface area (Å²) in [5, 5.41) is 6.54. The SMILES string of the molecule is COc1cccc(-c2nnsc2C(=O)Nc2ccccc2F)c1. The second-order valence-electron chi connectivity index (χ2n) is 4.62. The summed E-state index contributed by atoms with van der Waals surface area (Å²) in [6.07, 6.45) is 0. The largest absolute Gasteiger partial charge is 0.497 e. The van der Waals surface area contributed by atoms with Crippen molar-refractivity contribution in [3.63, 3.8) is 0 Å². The van der Waals surface area contributed by atoms with Gasteiger partial charge in [0.2, 0.25) is 0 Å². The van der Waals surface area contributed by atoms with Crippen molar-refractivity contribution in [1.29, 1.82) is 0 Å². The van der Waals surface area contributed by atoms with E-state index in [1.54, 1.807) is 43.5 Å². The molecule has 0 saturated carbocycles. The third kappa shape index (κ3) is 3.19. The van der Waals surface area contributed by atoms with Crippen molar-refractivity contribution in [3.05, 3.63) is 59.2 Å². The summed E-state index contributed by atoms with van der Waals surface area (Å²) in [5.41, 5.74) is 1.25. The van der Waals surface area contributed by atoms with Gasteiger partial charge >= 0.3 is 0 Å². The molecule has 23 heavy (non-hydrogen) atoms. The number of benzene rings is 2. The number of rotatable bonds is 4. The third-order valence-electron chi connectivity index (χ3n) is 3.16. The number of carbonyl (C=O) groups excluding carboxylic acids is 1. The highest BCUT2D eigenvalue weighted by atomic mass is 32.1. The number of ether oxygens (including phenoxy) is 1. The first-order valence-corrected chi connectivity index (χ1v) is 7.49. The minimum absolute atomic E-state index is 0.113. The average molecular weight is 329 g/mol. The van der Waals surface area contributed by atoms with Gasteiger partial charge in [-0.2, -0.15) is 0 Å². The molecular weight excluding hydrogens is 317 g/mol. The Labute approximate surface area is 135 Å². The van der Waals surface area contributed by atoms with Crippen LogP contribution in [0, 0.1) is 5.82 Å². The Morgan fingerprint density at radius 2 is 2.04 bits per heavy atom. The van der Waals surface area contributed by atoms with Gasteiger partial charge in [-0.1, -0.05) is 28.8 Å². The van der Waals surface area contributed by atoms with E-state index in [1.807, 2.05) is 0 Å². The average Bonchev–Trinajstić information content (AvgIpc) is 3.07. The van der Waals surface area contributed by atoms with Crippen molar-refractivity contribution >= 4 is 23.1 Å². The first-order valence-electron chi connectivity index (χ1n) is 6.71. The van der Waals surface area contributed by atoms with Gasteiger partial charge in [0, 0.05) is 5.56 Å². The minimum atomic E-state index is -0.499. The number of hydrogen-bond donors (Lipinski definition) is 1. The maximum absolute atomic E-state index is 13.7. The van der Waals surface area contributed by atoms with Gasteiger partial charge in [0.1, 0.15) is 22.1 Å². The zero-order valence-corrected chi connectivity index (χ0v) is 12.9. The zero-order valence-electron chi connectivity index (χ0n) is 12.1. The highest BCUT2D eigenvalue weighted by Gasteiger charge is 2.19. The second kappa shape index (κ2) is 6.53.